The van der Waals surface area contributed by atoms with E-state index < -0.39 is 17.7 Å². The van der Waals surface area contributed by atoms with E-state index in [4.69, 9.17) is 25.8 Å². The number of phenols is 1. The number of Topliss-reactive ketones (excluding diaryl/α,β-unsaturated/α-hetero) is 1. The number of hydrogen-bond donors (Lipinski definition) is 2. The number of nitrogens with zero attached hydrogens (tertiary/aromatic N) is 1. The van der Waals surface area contributed by atoms with E-state index in [1.807, 2.05) is 6.92 Å². The van der Waals surface area contributed by atoms with E-state index in [1.165, 1.54) is 11.0 Å². The highest BCUT2D eigenvalue weighted by Gasteiger charge is 2.47. The monoisotopic (exact) mass is 521 g/mol. The van der Waals surface area contributed by atoms with Gasteiger partial charge in [0.15, 0.2) is 23.0 Å². The van der Waals surface area contributed by atoms with E-state index in [-0.39, 0.29) is 28.4 Å². The number of aliphatic hydroxyl groups is 1. The largest absolute Gasteiger partial charge is 0.507 e. The van der Waals surface area contributed by atoms with Crippen LogP contribution in [0.15, 0.2) is 60.2 Å². The van der Waals surface area contributed by atoms with Crippen molar-refractivity contribution in [2.24, 2.45) is 0 Å². The first-order valence-electron chi connectivity index (χ1n) is 11.7. The third-order valence-electron chi connectivity index (χ3n) is 6.29. The lowest BCUT2D eigenvalue weighted by molar-refractivity contribution is -0.132. The molecule has 5 rings (SSSR count). The number of aromatic hydroxyl groups is 1. The van der Waals surface area contributed by atoms with Crippen molar-refractivity contribution in [1.82, 2.24) is 0 Å². The first-order chi connectivity index (χ1) is 17.8. The van der Waals surface area contributed by atoms with Gasteiger partial charge in [-0.25, -0.2) is 0 Å². The number of rotatable bonds is 5. The van der Waals surface area contributed by atoms with Crippen molar-refractivity contribution in [2.45, 2.75) is 19.9 Å². The summed E-state index contributed by atoms with van der Waals surface area (Å²) in [6, 6.07) is 13.4. The molecule has 3 aromatic rings. The van der Waals surface area contributed by atoms with Crippen molar-refractivity contribution < 1.29 is 34.0 Å². The summed E-state index contributed by atoms with van der Waals surface area (Å²) in [5.74, 6) is -1.01. The van der Waals surface area contributed by atoms with Gasteiger partial charge < -0.3 is 24.4 Å². The fourth-order valence-corrected chi connectivity index (χ4v) is 4.64. The van der Waals surface area contributed by atoms with Gasteiger partial charge in [-0.2, -0.15) is 0 Å². The van der Waals surface area contributed by atoms with Gasteiger partial charge in [-0.1, -0.05) is 23.7 Å². The molecule has 2 heterocycles. The Morgan fingerprint density at radius 3 is 2.54 bits per heavy atom. The molecule has 2 aliphatic rings. The zero-order valence-corrected chi connectivity index (χ0v) is 20.9. The van der Waals surface area contributed by atoms with E-state index in [0.29, 0.717) is 47.6 Å². The second-order valence-electron chi connectivity index (χ2n) is 8.62. The highest BCUT2D eigenvalue weighted by Crippen LogP contribution is 2.45. The smallest absolute Gasteiger partial charge is 0.300 e. The average Bonchev–Trinajstić information content (AvgIpc) is 3.16. The highest BCUT2D eigenvalue weighted by atomic mass is 35.5. The molecule has 0 spiro atoms. The number of hydrogen-bond acceptors (Lipinski definition) is 7. The van der Waals surface area contributed by atoms with Gasteiger partial charge in [0.2, 0.25) is 0 Å². The van der Waals surface area contributed by atoms with Gasteiger partial charge in [-0.05, 0) is 67.4 Å². The molecular weight excluding hydrogens is 498 g/mol. The average molecular weight is 522 g/mol. The molecule has 1 fully saturated rings. The number of halogens is 1. The minimum Gasteiger partial charge on any atom is -0.507 e. The summed E-state index contributed by atoms with van der Waals surface area (Å²) in [4.78, 5) is 28.1. The summed E-state index contributed by atoms with van der Waals surface area (Å²) in [5, 5.41) is 22.1. The summed E-state index contributed by atoms with van der Waals surface area (Å²) in [5.41, 5.74) is 1.81. The van der Waals surface area contributed by atoms with Gasteiger partial charge in [0.25, 0.3) is 11.7 Å². The Hall–Kier alpha value is -4.17. The maximum Gasteiger partial charge on any atom is 0.300 e. The Labute approximate surface area is 218 Å². The summed E-state index contributed by atoms with van der Waals surface area (Å²) in [6.45, 7) is 4.65. The van der Waals surface area contributed by atoms with E-state index in [1.54, 1.807) is 55.5 Å². The number of phenolic OH excluding ortho intramolecular Hbond substituents is 1. The lowest BCUT2D eigenvalue weighted by Crippen LogP contribution is -2.29. The quantitative estimate of drug-likeness (QED) is 0.272. The Morgan fingerprint density at radius 2 is 1.81 bits per heavy atom. The summed E-state index contributed by atoms with van der Waals surface area (Å²) in [6.07, 6.45) is 0. The van der Waals surface area contributed by atoms with Crippen LogP contribution in [0.25, 0.3) is 5.76 Å². The van der Waals surface area contributed by atoms with Gasteiger partial charge in [0.1, 0.15) is 19.0 Å². The molecule has 3 aromatic carbocycles. The third-order valence-corrected chi connectivity index (χ3v) is 6.70. The van der Waals surface area contributed by atoms with E-state index in [0.717, 1.165) is 5.56 Å². The van der Waals surface area contributed by atoms with Crippen LogP contribution in [0.3, 0.4) is 0 Å². The lowest BCUT2D eigenvalue weighted by Gasteiger charge is -2.26. The van der Waals surface area contributed by atoms with Crippen LogP contribution in [-0.4, -0.2) is 41.7 Å². The molecule has 1 unspecified atom stereocenters. The van der Waals surface area contributed by atoms with Crippen LogP contribution in [0, 0.1) is 6.92 Å². The summed E-state index contributed by atoms with van der Waals surface area (Å²) < 4.78 is 16.7. The number of anilines is 1. The van der Waals surface area contributed by atoms with E-state index in [2.05, 4.69) is 0 Å². The molecule has 1 atom stereocenters. The molecule has 1 amide bonds. The van der Waals surface area contributed by atoms with Crippen molar-refractivity contribution in [3.8, 4) is 23.0 Å². The lowest BCUT2D eigenvalue weighted by atomic mass is 9.94. The van der Waals surface area contributed by atoms with Crippen molar-refractivity contribution >= 4 is 34.7 Å². The van der Waals surface area contributed by atoms with Crippen LogP contribution < -0.4 is 19.1 Å². The number of fused-ring (bicyclic) bond motifs is 1. The molecule has 1 saturated heterocycles. The van der Waals surface area contributed by atoms with Gasteiger partial charge in [-0.15, -0.1) is 0 Å². The summed E-state index contributed by atoms with van der Waals surface area (Å²) >= 11 is 6.36. The minimum atomic E-state index is -1.02. The van der Waals surface area contributed by atoms with E-state index in [9.17, 15) is 19.8 Å². The first-order valence-corrected chi connectivity index (χ1v) is 12.1. The normalized spacial score (nSPS) is 18.2. The Bertz CT molecular complexity index is 1450. The number of aliphatic hydroxyl groups excluding tert-OH is 1. The maximum atomic E-state index is 13.4. The fourth-order valence-electron chi connectivity index (χ4n) is 4.46. The Morgan fingerprint density at radius 1 is 1.05 bits per heavy atom. The van der Waals surface area contributed by atoms with E-state index >= 15 is 0 Å². The van der Waals surface area contributed by atoms with Crippen molar-refractivity contribution in [3.05, 3.63) is 81.9 Å². The van der Waals surface area contributed by atoms with Crippen molar-refractivity contribution in [1.29, 1.82) is 0 Å². The molecule has 190 valence electrons. The maximum absolute atomic E-state index is 13.4. The Kier molecular flexibility index (Phi) is 6.43. The zero-order chi connectivity index (χ0) is 26.3. The van der Waals surface area contributed by atoms with Gasteiger partial charge in [-0.3, -0.25) is 14.5 Å². The predicted octanol–water partition coefficient (Wildman–Crippen LogP) is 5.15. The van der Waals surface area contributed by atoms with Gasteiger partial charge in [0, 0.05) is 16.3 Å². The second-order valence-corrected chi connectivity index (χ2v) is 9.03. The SMILES string of the molecule is CCOc1cc(C2/C(=C(\O)c3ccc4c(c3)OCCO4)C(=O)C(=O)N2c2ccc(C)c(Cl)c2)ccc1O. The van der Waals surface area contributed by atoms with Crippen LogP contribution >= 0.6 is 11.6 Å². The number of aryl methyl sites for hydroxylation is 1. The number of carbonyl (C=O) groups excluding carboxylic acids is 2. The molecule has 8 nitrogen and oxygen atoms in total. The highest BCUT2D eigenvalue weighted by molar-refractivity contribution is 6.51. The molecule has 37 heavy (non-hydrogen) atoms. The number of amides is 1. The van der Waals surface area contributed by atoms with Crippen molar-refractivity contribution in [3.63, 3.8) is 0 Å². The molecule has 0 bridgehead atoms. The standard InChI is InChI=1S/C28H24ClNO7/c1-3-35-22-12-16(5-8-20(22)31)25-24(26(32)17-6-9-21-23(13-17)37-11-10-36-21)27(33)28(34)30(25)18-7-4-15(2)19(29)14-18/h4-9,12-14,25,31-32H,3,10-11H2,1-2H3/b26-24+. The molecule has 0 saturated carbocycles. The zero-order valence-electron chi connectivity index (χ0n) is 20.2. The topological polar surface area (TPSA) is 106 Å². The molecule has 9 heteroatoms. The number of benzene rings is 3. The second kappa shape index (κ2) is 9.71. The summed E-state index contributed by atoms with van der Waals surface area (Å²) in [7, 11) is 0. The number of ether oxygens (including phenoxy) is 3. The van der Waals surface area contributed by atoms with Crippen LogP contribution in [0.1, 0.15) is 29.7 Å². The molecule has 0 aromatic heterocycles. The number of ketones is 1. The van der Waals surface area contributed by atoms with Crippen LogP contribution in [0.4, 0.5) is 5.69 Å². The van der Waals surface area contributed by atoms with Gasteiger partial charge in [0.05, 0.1) is 18.2 Å². The van der Waals surface area contributed by atoms with Crippen LogP contribution in [0.5, 0.6) is 23.0 Å². The first kappa shape index (κ1) is 24.5. The predicted molar refractivity (Wildman–Crippen MR) is 138 cm³/mol. The number of carbonyl (C=O) groups is 2. The fraction of sp³-hybridized carbons (Fsp3) is 0.214. The molecule has 2 N–H and O–H groups in total. The Balaban J connectivity index is 1.71. The van der Waals surface area contributed by atoms with Crippen molar-refractivity contribution in [2.75, 3.05) is 24.7 Å². The molecule has 2 aliphatic heterocycles. The third kappa shape index (κ3) is 4.34. The molecular formula is C28H24ClNO7. The minimum absolute atomic E-state index is 0.0900. The van der Waals surface area contributed by atoms with Gasteiger partial charge >= 0.3 is 0 Å². The van der Waals surface area contributed by atoms with Crippen LogP contribution in [0.2, 0.25) is 5.02 Å². The van der Waals surface area contributed by atoms with Crippen LogP contribution in [-0.2, 0) is 9.59 Å². The molecule has 0 aliphatic carbocycles. The molecule has 0 radical (unpaired) electrons.